The summed E-state index contributed by atoms with van der Waals surface area (Å²) in [5, 5.41) is 2.86. The van der Waals surface area contributed by atoms with Crippen molar-refractivity contribution in [3.8, 4) is 0 Å². The molecule has 1 atom stereocenters. The fourth-order valence-corrected chi connectivity index (χ4v) is 2.57. The molecule has 1 fully saturated rings. The Kier molecular flexibility index (Phi) is 4.90. The summed E-state index contributed by atoms with van der Waals surface area (Å²) in [6, 6.07) is 3.16. The van der Waals surface area contributed by atoms with Crippen LogP contribution >= 0.6 is 0 Å². The zero-order chi connectivity index (χ0) is 16.3. The van der Waals surface area contributed by atoms with Gasteiger partial charge in [-0.25, -0.2) is 0 Å². The highest BCUT2D eigenvalue weighted by Gasteiger charge is 2.33. The van der Waals surface area contributed by atoms with Gasteiger partial charge in [-0.05, 0) is 17.5 Å². The minimum absolute atomic E-state index is 0.0463. The number of carbonyl (C=O) groups is 2. The lowest BCUT2D eigenvalue weighted by Crippen LogP contribution is -2.39. The van der Waals surface area contributed by atoms with Gasteiger partial charge in [-0.15, -0.1) is 0 Å². The van der Waals surface area contributed by atoms with Crippen LogP contribution in [0.1, 0.15) is 43.5 Å². The molecule has 0 spiro atoms. The molecule has 1 N–H and O–H groups in total. The number of hydrogen-bond acceptors (Lipinski definition) is 4. The average molecular weight is 308 g/mol. The minimum Gasteiger partial charge on any atom is -0.453 e. The molecule has 1 aromatic heterocycles. The van der Waals surface area contributed by atoms with E-state index in [2.05, 4.69) is 26.1 Å². The highest BCUT2D eigenvalue weighted by Crippen LogP contribution is 2.20. The van der Waals surface area contributed by atoms with Gasteiger partial charge in [0, 0.05) is 26.6 Å². The Bertz CT molecular complexity index is 545. The SMILES string of the molecule is COCc1ccc(C(=O)N[C@H]2CC(=O)N(CC(C)(C)C)C2)o1. The molecular formula is C16H24N2O4. The monoisotopic (exact) mass is 308 g/mol. The molecule has 1 aliphatic rings. The molecule has 1 aromatic rings. The van der Waals surface area contributed by atoms with Gasteiger partial charge in [-0.3, -0.25) is 9.59 Å². The third kappa shape index (κ3) is 4.34. The molecule has 22 heavy (non-hydrogen) atoms. The van der Waals surface area contributed by atoms with E-state index in [-0.39, 0.29) is 29.0 Å². The van der Waals surface area contributed by atoms with Gasteiger partial charge in [0.25, 0.3) is 5.91 Å². The van der Waals surface area contributed by atoms with E-state index in [4.69, 9.17) is 9.15 Å². The van der Waals surface area contributed by atoms with Crippen LogP contribution in [0.4, 0.5) is 0 Å². The Morgan fingerprint density at radius 2 is 2.18 bits per heavy atom. The van der Waals surface area contributed by atoms with E-state index in [1.165, 1.54) is 0 Å². The summed E-state index contributed by atoms with van der Waals surface area (Å²) in [5.41, 5.74) is 0.0463. The van der Waals surface area contributed by atoms with E-state index in [1.54, 1.807) is 19.2 Å². The van der Waals surface area contributed by atoms with E-state index < -0.39 is 0 Å². The van der Waals surface area contributed by atoms with Crippen molar-refractivity contribution in [1.82, 2.24) is 10.2 Å². The number of methoxy groups -OCH3 is 1. The Balaban J connectivity index is 1.91. The highest BCUT2D eigenvalue weighted by atomic mass is 16.5. The fourth-order valence-electron chi connectivity index (χ4n) is 2.57. The standard InChI is InChI=1S/C16H24N2O4/c1-16(2,3)10-18-8-11(7-14(18)19)17-15(20)13-6-5-12(22-13)9-21-4/h5-6,11H,7-10H2,1-4H3,(H,17,20)/t11-/m0/s1. The Labute approximate surface area is 130 Å². The minimum atomic E-state index is -0.294. The van der Waals surface area contributed by atoms with Crippen LogP contribution in [0.15, 0.2) is 16.5 Å². The second-order valence-electron chi connectivity index (χ2n) is 6.91. The smallest absolute Gasteiger partial charge is 0.287 e. The van der Waals surface area contributed by atoms with Crippen molar-refractivity contribution in [2.24, 2.45) is 5.41 Å². The normalized spacial score (nSPS) is 18.8. The number of nitrogens with one attached hydrogen (secondary N) is 1. The molecule has 0 aliphatic carbocycles. The maximum Gasteiger partial charge on any atom is 0.287 e. The van der Waals surface area contributed by atoms with Gasteiger partial charge < -0.3 is 19.4 Å². The zero-order valence-corrected chi connectivity index (χ0v) is 13.6. The Morgan fingerprint density at radius 1 is 1.45 bits per heavy atom. The molecule has 2 heterocycles. The van der Waals surface area contributed by atoms with Crippen LogP contribution in [0.25, 0.3) is 0 Å². The van der Waals surface area contributed by atoms with E-state index in [1.807, 2.05) is 4.90 Å². The van der Waals surface area contributed by atoms with Crippen molar-refractivity contribution < 1.29 is 18.7 Å². The Morgan fingerprint density at radius 3 is 2.82 bits per heavy atom. The number of nitrogens with zero attached hydrogens (tertiary/aromatic N) is 1. The first-order chi connectivity index (χ1) is 10.3. The molecule has 0 unspecified atom stereocenters. The van der Waals surface area contributed by atoms with Crippen LogP contribution < -0.4 is 5.32 Å². The topological polar surface area (TPSA) is 71.8 Å². The van der Waals surface area contributed by atoms with Gasteiger partial charge in [-0.2, -0.15) is 0 Å². The Hall–Kier alpha value is -1.82. The number of furan rings is 1. The van der Waals surface area contributed by atoms with E-state index in [0.717, 1.165) is 0 Å². The maximum atomic E-state index is 12.1. The van der Waals surface area contributed by atoms with Crippen molar-refractivity contribution >= 4 is 11.8 Å². The van der Waals surface area contributed by atoms with E-state index in [0.29, 0.717) is 31.9 Å². The van der Waals surface area contributed by atoms with Crippen LogP contribution in [0.3, 0.4) is 0 Å². The maximum absolute atomic E-state index is 12.1. The number of ether oxygens (including phenoxy) is 1. The first kappa shape index (κ1) is 16.5. The largest absolute Gasteiger partial charge is 0.453 e. The summed E-state index contributed by atoms with van der Waals surface area (Å²) < 4.78 is 10.3. The van der Waals surface area contributed by atoms with Gasteiger partial charge in [0.2, 0.25) is 5.91 Å². The molecule has 6 nitrogen and oxygen atoms in total. The molecule has 6 heteroatoms. The van der Waals surface area contributed by atoms with Crippen LogP contribution in [0.5, 0.6) is 0 Å². The molecule has 0 saturated carbocycles. The van der Waals surface area contributed by atoms with Crippen molar-refractivity contribution in [1.29, 1.82) is 0 Å². The van der Waals surface area contributed by atoms with E-state index >= 15 is 0 Å². The van der Waals surface area contributed by atoms with Crippen LogP contribution in [0, 0.1) is 5.41 Å². The molecule has 2 amide bonds. The zero-order valence-electron chi connectivity index (χ0n) is 13.6. The summed E-state index contributed by atoms with van der Waals surface area (Å²) in [5.74, 6) is 0.635. The van der Waals surface area contributed by atoms with Crippen molar-refractivity contribution in [3.05, 3.63) is 23.7 Å². The second-order valence-corrected chi connectivity index (χ2v) is 6.91. The summed E-state index contributed by atoms with van der Waals surface area (Å²) >= 11 is 0. The third-order valence-corrected chi connectivity index (χ3v) is 3.39. The quantitative estimate of drug-likeness (QED) is 0.900. The molecule has 2 rings (SSSR count). The van der Waals surface area contributed by atoms with Gasteiger partial charge in [-0.1, -0.05) is 20.8 Å². The number of hydrogen-bond donors (Lipinski definition) is 1. The van der Waals surface area contributed by atoms with Gasteiger partial charge in [0.15, 0.2) is 5.76 Å². The van der Waals surface area contributed by atoms with Crippen molar-refractivity contribution in [2.45, 2.75) is 39.8 Å². The second kappa shape index (κ2) is 6.52. The van der Waals surface area contributed by atoms with Crippen LogP contribution in [-0.4, -0.2) is 43.0 Å². The van der Waals surface area contributed by atoms with Gasteiger partial charge >= 0.3 is 0 Å². The van der Waals surface area contributed by atoms with Crippen LogP contribution in [0.2, 0.25) is 0 Å². The number of carbonyl (C=O) groups excluding carboxylic acids is 2. The summed E-state index contributed by atoms with van der Waals surface area (Å²) in [7, 11) is 1.57. The molecule has 122 valence electrons. The van der Waals surface area contributed by atoms with Gasteiger partial charge in [0.1, 0.15) is 12.4 Å². The first-order valence-electron chi connectivity index (χ1n) is 7.45. The predicted octanol–water partition coefficient (Wildman–Crippen LogP) is 1.80. The molecule has 0 aromatic carbocycles. The molecular weight excluding hydrogens is 284 g/mol. The lowest BCUT2D eigenvalue weighted by Gasteiger charge is -2.26. The van der Waals surface area contributed by atoms with Crippen molar-refractivity contribution in [2.75, 3.05) is 20.2 Å². The average Bonchev–Trinajstić information content (AvgIpc) is 2.96. The first-order valence-corrected chi connectivity index (χ1v) is 7.45. The number of rotatable bonds is 5. The molecule has 0 radical (unpaired) electrons. The number of amides is 2. The third-order valence-electron chi connectivity index (χ3n) is 3.39. The lowest BCUT2D eigenvalue weighted by molar-refractivity contribution is -0.128. The van der Waals surface area contributed by atoms with Crippen molar-refractivity contribution in [3.63, 3.8) is 0 Å². The van der Waals surface area contributed by atoms with E-state index in [9.17, 15) is 9.59 Å². The predicted molar refractivity (Wildman–Crippen MR) is 81.3 cm³/mol. The summed E-state index contributed by atoms with van der Waals surface area (Å²) in [6.45, 7) is 7.84. The van der Waals surface area contributed by atoms with Crippen LogP contribution in [-0.2, 0) is 16.1 Å². The highest BCUT2D eigenvalue weighted by molar-refractivity contribution is 5.92. The lowest BCUT2D eigenvalue weighted by atomic mass is 9.96. The molecule has 0 bridgehead atoms. The number of likely N-dealkylation sites (tertiary alicyclic amines) is 1. The molecule has 1 saturated heterocycles. The molecule has 1 aliphatic heterocycles. The van der Waals surface area contributed by atoms with Gasteiger partial charge in [0.05, 0.1) is 6.04 Å². The summed E-state index contributed by atoms with van der Waals surface area (Å²) in [6.07, 6.45) is 0.341. The summed E-state index contributed by atoms with van der Waals surface area (Å²) in [4.78, 5) is 26.0. The fraction of sp³-hybridized carbons (Fsp3) is 0.625.